The Balaban J connectivity index is 2.21. The maximum Gasteiger partial charge on any atom is 0.106 e. The maximum atomic E-state index is 5.24. The number of fused-ring (bicyclic) bond motifs is 1. The van der Waals surface area contributed by atoms with Crippen molar-refractivity contribution in [3.8, 4) is 0 Å². The number of hydrogen-bond acceptors (Lipinski definition) is 1. The van der Waals surface area contributed by atoms with Gasteiger partial charge in [-0.1, -0.05) is 6.07 Å². The molecule has 1 aliphatic heterocycles. The van der Waals surface area contributed by atoms with Gasteiger partial charge < -0.3 is 9.30 Å². The summed E-state index contributed by atoms with van der Waals surface area (Å²) in [4.78, 5) is 0. The molecule has 0 N–H and O–H groups in total. The molecule has 2 heterocycles. The predicted molar refractivity (Wildman–Crippen MR) is 51.6 cm³/mol. The van der Waals surface area contributed by atoms with E-state index in [-0.39, 0.29) is 0 Å². The molecule has 0 bridgehead atoms. The third-order valence-electron chi connectivity index (χ3n) is 2.61. The van der Waals surface area contributed by atoms with Crippen molar-refractivity contribution in [1.29, 1.82) is 0 Å². The zero-order valence-corrected chi connectivity index (χ0v) is 7.53. The first-order valence-electron chi connectivity index (χ1n) is 4.51. The monoisotopic (exact) mass is 173 g/mol. The van der Waals surface area contributed by atoms with Gasteiger partial charge in [-0.25, -0.2) is 0 Å². The SMILES string of the molecule is Cn1ccc2cc([C@H]3CO3)ccc21. The van der Waals surface area contributed by atoms with Crippen LogP contribution >= 0.6 is 0 Å². The van der Waals surface area contributed by atoms with E-state index in [1.54, 1.807) is 0 Å². The molecule has 0 spiro atoms. The molecule has 0 radical (unpaired) electrons. The molecule has 1 saturated heterocycles. The molecule has 2 heteroatoms. The average Bonchev–Trinajstić information content (AvgIpc) is 2.93. The highest BCUT2D eigenvalue weighted by molar-refractivity contribution is 5.80. The summed E-state index contributed by atoms with van der Waals surface area (Å²) in [6.45, 7) is 0.887. The number of aryl methyl sites for hydroxylation is 1. The van der Waals surface area contributed by atoms with Crippen LogP contribution in [0.2, 0.25) is 0 Å². The van der Waals surface area contributed by atoms with Gasteiger partial charge in [0.05, 0.1) is 6.61 Å². The fourth-order valence-corrected chi connectivity index (χ4v) is 1.74. The van der Waals surface area contributed by atoms with Crippen LogP contribution in [0.4, 0.5) is 0 Å². The van der Waals surface area contributed by atoms with E-state index in [1.165, 1.54) is 16.5 Å². The van der Waals surface area contributed by atoms with Gasteiger partial charge in [-0.3, -0.25) is 0 Å². The summed E-state index contributed by atoms with van der Waals surface area (Å²) in [5.74, 6) is 0. The molecule has 2 aromatic rings. The van der Waals surface area contributed by atoms with Crippen molar-refractivity contribution in [2.24, 2.45) is 7.05 Å². The second-order valence-corrected chi connectivity index (χ2v) is 3.57. The minimum atomic E-state index is 0.365. The van der Waals surface area contributed by atoms with Crippen molar-refractivity contribution in [1.82, 2.24) is 4.57 Å². The summed E-state index contributed by atoms with van der Waals surface area (Å²) in [5.41, 5.74) is 2.59. The largest absolute Gasteiger partial charge is 0.368 e. The van der Waals surface area contributed by atoms with Crippen molar-refractivity contribution >= 4 is 10.9 Å². The third-order valence-corrected chi connectivity index (χ3v) is 2.61. The van der Waals surface area contributed by atoms with E-state index >= 15 is 0 Å². The van der Waals surface area contributed by atoms with Gasteiger partial charge in [-0.2, -0.15) is 0 Å². The van der Waals surface area contributed by atoms with E-state index < -0.39 is 0 Å². The molecule has 13 heavy (non-hydrogen) atoms. The highest BCUT2D eigenvalue weighted by Gasteiger charge is 2.24. The summed E-state index contributed by atoms with van der Waals surface area (Å²) in [7, 11) is 2.07. The second kappa shape index (κ2) is 2.36. The molecule has 1 aromatic carbocycles. The molecule has 3 rings (SSSR count). The summed E-state index contributed by atoms with van der Waals surface area (Å²) in [5, 5.41) is 1.30. The van der Waals surface area contributed by atoms with Crippen molar-refractivity contribution in [3.05, 3.63) is 36.0 Å². The molecule has 1 fully saturated rings. The van der Waals surface area contributed by atoms with Gasteiger partial charge in [0.25, 0.3) is 0 Å². The molecular weight excluding hydrogens is 162 g/mol. The molecule has 2 nitrogen and oxygen atoms in total. The van der Waals surface area contributed by atoms with Crippen LogP contribution in [-0.4, -0.2) is 11.2 Å². The van der Waals surface area contributed by atoms with Gasteiger partial charge in [0.2, 0.25) is 0 Å². The fraction of sp³-hybridized carbons (Fsp3) is 0.273. The van der Waals surface area contributed by atoms with Crippen molar-refractivity contribution in [3.63, 3.8) is 0 Å². The van der Waals surface area contributed by atoms with Crippen LogP contribution in [0.5, 0.6) is 0 Å². The third kappa shape index (κ3) is 1.06. The molecule has 0 unspecified atom stereocenters. The quantitative estimate of drug-likeness (QED) is 0.604. The fourth-order valence-electron chi connectivity index (χ4n) is 1.74. The highest BCUT2D eigenvalue weighted by Crippen LogP contribution is 2.31. The Bertz CT molecular complexity index is 454. The number of benzene rings is 1. The first kappa shape index (κ1) is 7.15. The molecule has 0 amide bonds. The summed E-state index contributed by atoms with van der Waals surface area (Å²) in [6, 6.07) is 8.67. The minimum Gasteiger partial charge on any atom is -0.368 e. The Hall–Kier alpha value is -1.28. The van der Waals surface area contributed by atoms with E-state index in [2.05, 4.69) is 42.1 Å². The summed E-state index contributed by atoms with van der Waals surface area (Å²) >= 11 is 0. The van der Waals surface area contributed by atoms with Crippen molar-refractivity contribution in [2.45, 2.75) is 6.10 Å². The lowest BCUT2D eigenvalue weighted by Gasteiger charge is -1.98. The Morgan fingerprint density at radius 2 is 2.23 bits per heavy atom. The highest BCUT2D eigenvalue weighted by atomic mass is 16.6. The first-order chi connectivity index (χ1) is 6.34. The lowest BCUT2D eigenvalue weighted by molar-refractivity contribution is 0.416. The van der Waals surface area contributed by atoms with Gasteiger partial charge in [0.1, 0.15) is 6.10 Å². The van der Waals surface area contributed by atoms with Crippen LogP contribution in [0.15, 0.2) is 30.5 Å². The summed E-state index contributed by atoms with van der Waals surface area (Å²) in [6.07, 6.45) is 2.45. The molecular formula is C11H11NO. The van der Waals surface area contributed by atoms with Crippen molar-refractivity contribution in [2.75, 3.05) is 6.61 Å². The van der Waals surface area contributed by atoms with E-state index in [0.29, 0.717) is 6.10 Å². The van der Waals surface area contributed by atoms with Crippen LogP contribution in [0.3, 0.4) is 0 Å². The molecule has 0 aliphatic carbocycles. The van der Waals surface area contributed by atoms with Crippen LogP contribution in [0, 0.1) is 0 Å². The Labute approximate surface area is 76.7 Å². The number of hydrogen-bond donors (Lipinski definition) is 0. The van der Waals surface area contributed by atoms with Gasteiger partial charge in [-0.05, 0) is 29.1 Å². The van der Waals surface area contributed by atoms with Crippen LogP contribution < -0.4 is 0 Å². The lowest BCUT2D eigenvalue weighted by Crippen LogP contribution is -1.84. The van der Waals surface area contributed by atoms with E-state index in [1.807, 2.05) is 0 Å². The lowest BCUT2D eigenvalue weighted by atomic mass is 10.1. The Morgan fingerprint density at radius 1 is 1.38 bits per heavy atom. The van der Waals surface area contributed by atoms with Gasteiger partial charge in [0, 0.05) is 18.8 Å². The molecule has 0 saturated carbocycles. The van der Waals surface area contributed by atoms with Gasteiger partial charge in [-0.15, -0.1) is 0 Å². The van der Waals surface area contributed by atoms with Crippen molar-refractivity contribution < 1.29 is 4.74 Å². The van der Waals surface area contributed by atoms with Crippen LogP contribution in [0.1, 0.15) is 11.7 Å². The normalized spacial score (nSPS) is 20.8. The Kier molecular flexibility index (Phi) is 1.30. The number of ether oxygens (including phenoxy) is 1. The Morgan fingerprint density at radius 3 is 3.00 bits per heavy atom. The second-order valence-electron chi connectivity index (χ2n) is 3.57. The standard InChI is InChI=1S/C11H11NO/c1-12-5-4-8-6-9(11-7-13-11)2-3-10(8)12/h2-6,11H,7H2,1H3/t11-/m1/s1. The number of aromatic nitrogens is 1. The van der Waals surface area contributed by atoms with E-state index in [0.717, 1.165) is 6.61 Å². The predicted octanol–water partition coefficient (Wildman–Crippen LogP) is 2.25. The number of epoxide rings is 1. The van der Waals surface area contributed by atoms with Gasteiger partial charge >= 0.3 is 0 Å². The molecule has 66 valence electrons. The van der Waals surface area contributed by atoms with Crippen LogP contribution in [-0.2, 0) is 11.8 Å². The van der Waals surface area contributed by atoms with E-state index in [4.69, 9.17) is 4.74 Å². The zero-order valence-electron chi connectivity index (χ0n) is 7.53. The number of rotatable bonds is 1. The molecule has 1 atom stereocenters. The zero-order chi connectivity index (χ0) is 8.84. The average molecular weight is 173 g/mol. The number of nitrogens with zero attached hydrogens (tertiary/aromatic N) is 1. The smallest absolute Gasteiger partial charge is 0.106 e. The van der Waals surface area contributed by atoms with Crippen LogP contribution in [0.25, 0.3) is 10.9 Å². The van der Waals surface area contributed by atoms with E-state index in [9.17, 15) is 0 Å². The summed E-state index contributed by atoms with van der Waals surface area (Å²) < 4.78 is 7.38. The first-order valence-corrected chi connectivity index (χ1v) is 4.51. The van der Waals surface area contributed by atoms with Gasteiger partial charge in [0.15, 0.2) is 0 Å². The molecule has 1 aliphatic rings. The maximum absolute atomic E-state index is 5.24. The molecule has 1 aromatic heterocycles. The topological polar surface area (TPSA) is 17.5 Å². The minimum absolute atomic E-state index is 0.365.